The maximum atomic E-state index is 12.6. The number of benzene rings is 2. The number of carbonyl (C=O) groups excluding carboxylic acids is 1. The van der Waals surface area contributed by atoms with Crippen LogP contribution in [-0.4, -0.2) is 48.8 Å². The number of halogens is 1. The lowest BCUT2D eigenvalue weighted by molar-refractivity contribution is -0.113. The third kappa shape index (κ3) is 4.61. The van der Waals surface area contributed by atoms with Crippen molar-refractivity contribution in [3.63, 3.8) is 0 Å². The average molecular weight is 478 g/mol. The van der Waals surface area contributed by atoms with E-state index in [1.54, 1.807) is 12.1 Å². The SMILES string of the molecule is Cc1ccc(N2C(SCC(=O)Nc3cccc(Cl)c3C)=N[C@H]3CS(=O)(=O)C[C@H]32)cc1C. The summed E-state index contributed by atoms with van der Waals surface area (Å²) >= 11 is 7.46. The van der Waals surface area contributed by atoms with Crippen molar-refractivity contribution in [3.8, 4) is 0 Å². The summed E-state index contributed by atoms with van der Waals surface area (Å²) in [6.07, 6.45) is 0. The van der Waals surface area contributed by atoms with Crippen LogP contribution in [0.15, 0.2) is 41.4 Å². The van der Waals surface area contributed by atoms with Crippen LogP contribution in [0.5, 0.6) is 0 Å². The first kappa shape index (κ1) is 22.2. The van der Waals surface area contributed by atoms with Gasteiger partial charge < -0.3 is 10.2 Å². The molecule has 0 spiro atoms. The number of nitrogens with zero attached hydrogens (tertiary/aromatic N) is 2. The number of aryl methyl sites for hydroxylation is 2. The molecule has 9 heteroatoms. The molecule has 2 aliphatic heterocycles. The van der Waals surface area contributed by atoms with Gasteiger partial charge >= 0.3 is 0 Å². The molecule has 6 nitrogen and oxygen atoms in total. The second kappa shape index (κ2) is 8.48. The molecule has 1 N–H and O–H groups in total. The Morgan fingerprint density at radius 1 is 1.19 bits per heavy atom. The van der Waals surface area contributed by atoms with Gasteiger partial charge in [-0.3, -0.25) is 9.79 Å². The van der Waals surface area contributed by atoms with E-state index in [1.807, 2.05) is 49.9 Å². The molecule has 0 bridgehead atoms. The van der Waals surface area contributed by atoms with Crippen molar-refractivity contribution in [3.05, 3.63) is 58.1 Å². The Morgan fingerprint density at radius 3 is 2.71 bits per heavy atom. The van der Waals surface area contributed by atoms with E-state index in [0.717, 1.165) is 16.8 Å². The molecular formula is C22H24ClN3O3S2. The third-order valence-corrected chi connectivity index (χ3v) is 8.83. The van der Waals surface area contributed by atoms with Gasteiger partial charge in [-0.15, -0.1) is 0 Å². The van der Waals surface area contributed by atoms with Crippen LogP contribution in [0.3, 0.4) is 0 Å². The minimum absolute atomic E-state index is 0.0526. The van der Waals surface area contributed by atoms with Crippen LogP contribution in [0.4, 0.5) is 11.4 Å². The fourth-order valence-corrected chi connectivity index (χ4v) is 6.81. The van der Waals surface area contributed by atoms with Crippen molar-refractivity contribution < 1.29 is 13.2 Å². The second-order valence-electron chi connectivity index (χ2n) is 8.01. The molecule has 2 heterocycles. The van der Waals surface area contributed by atoms with E-state index in [0.29, 0.717) is 15.9 Å². The Morgan fingerprint density at radius 2 is 1.97 bits per heavy atom. The highest BCUT2D eigenvalue weighted by Gasteiger charge is 2.47. The molecule has 2 atom stereocenters. The average Bonchev–Trinajstić information content (AvgIpc) is 3.17. The zero-order valence-electron chi connectivity index (χ0n) is 17.6. The lowest BCUT2D eigenvalue weighted by Crippen LogP contribution is -2.39. The normalized spacial score (nSPS) is 21.7. The van der Waals surface area contributed by atoms with Crippen molar-refractivity contribution >= 4 is 55.6 Å². The Hall–Kier alpha value is -2.03. The largest absolute Gasteiger partial charge is 0.325 e. The van der Waals surface area contributed by atoms with Crippen LogP contribution in [0.1, 0.15) is 16.7 Å². The van der Waals surface area contributed by atoms with Crippen LogP contribution in [0, 0.1) is 20.8 Å². The number of aliphatic imine (C=N–C) groups is 1. The van der Waals surface area contributed by atoms with Crippen molar-refractivity contribution in [2.24, 2.45) is 4.99 Å². The number of amides is 1. The highest BCUT2D eigenvalue weighted by Crippen LogP contribution is 2.36. The Labute approximate surface area is 192 Å². The maximum absolute atomic E-state index is 12.6. The van der Waals surface area contributed by atoms with Gasteiger partial charge in [0, 0.05) is 16.4 Å². The summed E-state index contributed by atoms with van der Waals surface area (Å²) in [7, 11) is -3.12. The Kier molecular flexibility index (Phi) is 6.07. The number of nitrogens with one attached hydrogen (secondary N) is 1. The molecule has 0 saturated carbocycles. The maximum Gasteiger partial charge on any atom is 0.234 e. The van der Waals surface area contributed by atoms with Crippen LogP contribution < -0.4 is 10.2 Å². The molecule has 2 aliphatic rings. The standard InChI is InChI=1S/C22H24ClN3O3S2/c1-13-7-8-16(9-14(13)2)26-20-12-31(28,29)11-19(20)25-22(26)30-10-21(27)24-18-6-4-5-17(23)15(18)3/h4-9,19-20H,10-12H2,1-3H3,(H,24,27)/t19-,20+/m0/s1. The van der Waals surface area contributed by atoms with Crippen molar-refractivity contribution in [2.75, 3.05) is 27.5 Å². The summed E-state index contributed by atoms with van der Waals surface area (Å²) < 4.78 is 24.4. The van der Waals surface area contributed by atoms with E-state index in [-0.39, 0.29) is 35.2 Å². The van der Waals surface area contributed by atoms with Gasteiger partial charge in [0.05, 0.1) is 29.3 Å². The molecule has 0 aliphatic carbocycles. The zero-order valence-corrected chi connectivity index (χ0v) is 19.9. The molecule has 1 amide bonds. The number of thioether (sulfide) groups is 1. The van der Waals surface area contributed by atoms with Gasteiger partial charge in [0.2, 0.25) is 5.91 Å². The number of rotatable bonds is 4. The fraction of sp³-hybridized carbons (Fsp3) is 0.364. The Balaban J connectivity index is 1.53. The summed E-state index contributed by atoms with van der Waals surface area (Å²) in [4.78, 5) is 19.3. The molecule has 2 aromatic rings. The number of fused-ring (bicyclic) bond motifs is 1. The monoisotopic (exact) mass is 477 g/mol. The molecule has 1 fully saturated rings. The molecule has 4 rings (SSSR count). The fourth-order valence-electron chi connectivity index (χ4n) is 3.87. The van der Waals surface area contributed by atoms with Crippen LogP contribution in [0.2, 0.25) is 5.02 Å². The van der Waals surface area contributed by atoms with Crippen LogP contribution in [0.25, 0.3) is 0 Å². The van der Waals surface area contributed by atoms with Gasteiger partial charge in [-0.2, -0.15) is 0 Å². The van der Waals surface area contributed by atoms with Crippen molar-refractivity contribution in [2.45, 2.75) is 32.9 Å². The highest BCUT2D eigenvalue weighted by atomic mass is 35.5. The van der Waals surface area contributed by atoms with Crippen molar-refractivity contribution in [1.29, 1.82) is 0 Å². The third-order valence-electron chi connectivity index (χ3n) is 5.75. The van der Waals surface area contributed by atoms with E-state index in [4.69, 9.17) is 16.6 Å². The van der Waals surface area contributed by atoms with E-state index in [2.05, 4.69) is 5.32 Å². The number of sulfone groups is 1. The minimum atomic E-state index is -3.12. The predicted molar refractivity (Wildman–Crippen MR) is 129 cm³/mol. The predicted octanol–water partition coefficient (Wildman–Crippen LogP) is 3.98. The number of amidine groups is 1. The minimum Gasteiger partial charge on any atom is -0.325 e. The van der Waals surface area contributed by atoms with Gasteiger partial charge in [-0.1, -0.05) is 35.5 Å². The number of hydrogen-bond acceptors (Lipinski definition) is 6. The van der Waals surface area contributed by atoms with Gasteiger partial charge in [-0.25, -0.2) is 8.42 Å². The lowest BCUT2D eigenvalue weighted by atomic mass is 10.1. The van der Waals surface area contributed by atoms with Gasteiger partial charge in [-0.05, 0) is 61.7 Å². The molecule has 1 saturated heterocycles. The summed E-state index contributed by atoms with van der Waals surface area (Å²) in [6.45, 7) is 5.93. The molecule has 31 heavy (non-hydrogen) atoms. The quantitative estimate of drug-likeness (QED) is 0.720. The molecule has 2 aromatic carbocycles. The lowest BCUT2D eigenvalue weighted by Gasteiger charge is -2.27. The van der Waals surface area contributed by atoms with Gasteiger partial charge in [0.15, 0.2) is 15.0 Å². The molecule has 0 unspecified atom stereocenters. The van der Waals surface area contributed by atoms with Gasteiger partial charge in [0.25, 0.3) is 0 Å². The smallest absolute Gasteiger partial charge is 0.234 e. The van der Waals surface area contributed by atoms with Crippen LogP contribution in [-0.2, 0) is 14.6 Å². The first-order chi connectivity index (χ1) is 14.6. The molecular weight excluding hydrogens is 454 g/mol. The first-order valence-corrected chi connectivity index (χ1v) is 13.2. The summed E-state index contributed by atoms with van der Waals surface area (Å²) in [5.74, 6) is 0.129. The summed E-state index contributed by atoms with van der Waals surface area (Å²) in [5.41, 5.74) is 4.70. The van der Waals surface area contributed by atoms with Gasteiger partial charge in [0.1, 0.15) is 0 Å². The number of hydrogen-bond donors (Lipinski definition) is 1. The van der Waals surface area contributed by atoms with E-state index in [9.17, 15) is 13.2 Å². The first-order valence-electron chi connectivity index (χ1n) is 9.97. The number of carbonyl (C=O) groups is 1. The van der Waals surface area contributed by atoms with Crippen molar-refractivity contribution in [1.82, 2.24) is 0 Å². The summed E-state index contributed by atoms with van der Waals surface area (Å²) in [5, 5.41) is 4.18. The van der Waals surface area contributed by atoms with Crippen LogP contribution >= 0.6 is 23.4 Å². The Bertz CT molecular complexity index is 1180. The molecule has 0 radical (unpaired) electrons. The van der Waals surface area contributed by atoms with E-state index < -0.39 is 9.84 Å². The molecule has 164 valence electrons. The zero-order chi connectivity index (χ0) is 22.3. The second-order valence-corrected chi connectivity index (χ2v) is 11.5. The highest BCUT2D eigenvalue weighted by molar-refractivity contribution is 8.14. The molecule has 0 aromatic heterocycles. The summed E-state index contributed by atoms with van der Waals surface area (Å²) in [6, 6.07) is 10.9. The van der Waals surface area contributed by atoms with E-state index in [1.165, 1.54) is 17.3 Å². The van der Waals surface area contributed by atoms with E-state index >= 15 is 0 Å². The topological polar surface area (TPSA) is 78.8 Å². The number of anilines is 2.